The van der Waals surface area contributed by atoms with Gasteiger partial charge in [0.25, 0.3) is 0 Å². The van der Waals surface area contributed by atoms with Crippen molar-refractivity contribution in [3.63, 3.8) is 0 Å². The summed E-state index contributed by atoms with van der Waals surface area (Å²) >= 11 is 1.41. The molecule has 1 saturated carbocycles. The molecule has 21 heavy (non-hydrogen) atoms. The van der Waals surface area contributed by atoms with Crippen LogP contribution in [0.2, 0.25) is 0 Å². The molecule has 110 valence electrons. The molecule has 6 nitrogen and oxygen atoms in total. The number of aliphatic hydroxyl groups is 1. The third kappa shape index (κ3) is 3.56. The van der Waals surface area contributed by atoms with Crippen molar-refractivity contribution >= 4 is 22.5 Å². The number of urea groups is 1. The molecule has 2 amide bonds. The average Bonchev–Trinajstić information content (AvgIpc) is 3.26. The van der Waals surface area contributed by atoms with Crippen LogP contribution in [0.3, 0.4) is 0 Å². The Bertz CT molecular complexity index is 612. The summed E-state index contributed by atoms with van der Waals surface area (Å²) in [7, 11) is 0. The highest BCUT2D eigenvalue weighted by Gasteiger charge is 2.27. The zero-order chi connectivity index (χ0) is 14.7. The average molecular weight is 304 g/mol. The van der Waals surface area contributed by atoms with Crippen LogP contribution in [-0.4, -0.2) is 27.9 Å². The molecule has 1 unspecified atom stereocenters. The van der Waals surface area contributed by atoms with E-state index in [1.54, 1.807) is 0 Å². The molecule has 0 spiro atoms. The van der Waals surface area contributed by atoms with Crippen LogP contribution < -0.4 is 10.6 Å². The Balaban J connectivity index is 1.59. The molecule has 1 fully saturated rings. The minimum Gasteiger partial charge on any atom is -0.394 e. The van der Waals surface area contributed by atoms with Crippen molar-refractivity contribution in [3.05, 3.63) is 40.9 Å². The lowest BCUT2D eigenvalue weighted by atomic mass is 10.1. The number of nitrogens with one attached hydrogen (secondary N) is 2. The van der Waals surface area contributed by atoms with E-state index in [0.29, 0.717) is 11.0 Å². The van der Waals surface area contributed by atoms with Gasteiger partial charge in [-0.3, -0.25) is 5.32 Å². The first kappa shape index (κ1) is 14.0. The van der Waals surface area contributed by atoms with E-state index < -0.39 is 12.1 Å². The van der Waals surface area contributed by atoms with Crippen LogP contribution in [-0.2, 0) is 0 Å². The van der Waals surface area contributed by atoms with Crippen molar-refractivity contribution in [1.82, 2.24) is 15.5 Å². The van der Waals surface area contributed by atoms with Crippen molar-refractivity contribution in [2.75, 3.05) is 11.9 Å². The fourth-order valence-corrected chi connectivity index (χ4v) is 2.90. The second-order valence-corrected chi connectivity index (χ2v) is 5.97. The zero-order valence-electron chi connectivity index (χ0n) is 11.3. The highest BCUT2D eigenvalue weighted by molar-refractivity contribution is 7.15. The number of aromatic nitrogens is 2. The van der Waals surface area contributed by atoms with E-state index in [1.165, 1.54) is 11.3 Å². The number of carbonyl (C=O) groups is 1. The van der Waals surface area contributed by atoms with Gasteiger partial charge in [0.05, 0.1) is 12.6 Å². The largest absolute Gasteiger partial charge is 0.394 e. The topological polar surface area (TPSA) is 87.1 Å². The number of carbonyl (C=O) groups excluding carboxylic acids is 1. The predicted molar refractivity (Wildman–Crippen MR) is 80.3 cm³/mol. The lowest BCUT2D eigenvalue weighted by Gasteiger charge is -2.16. The van der Waals surface area contributed by atoms with E-state index >= 15 is 0 Å². The molecule has 1 aromatic carbocycles. The standard InChI is InChI=1S/C14H16N4O2S/c19-8-11(9-4-2-1-3-5-9)15-13(20)16-14-18-17-12(21-14)10-6-7-10/h1-5,10-11,19H,6-8H2,(H2,15,16,18,20). The van der Waals surface area contributed by atoms with Gasteiger partial charge >= 0.3 is 6.03 Å². The first-order valence-electron chi connectivity index (χ1n) is 6.83. The molecule has 0 aliphatic heterocycles. The van der Waals surface area contributed by atoms with Crippen LogP contribution >= 0.6 is 11.3 Å². The van der Waals surface area contributed by atoms with E-state index in [-0.39, 0.29) is 6.61 Å². The highest BCUT2D eigenvalue weighted by Crippen LogP contribution is 2.41. The summed E-state index contributed by atoms with van der Waals surface area (Å²) in [5, 5.41) is 24.3. The number of nitrogens with zero attached hydrogens (tertiary/aromatic N) is 2. The van der Waals surface area contributed by atoms with Gasteiger partial charge in [0.15, 0.2) is 0 Å². The van der Waals surface area contributed by atoms with E-state index in [9.17, 15) is 9.90 Å². The fourth-order valence-electron chi connectivity index (χ4n) is 1.99. The fraction of sp³-hybridized carbons (Fsp3) is 0.357. The molecule has 7 heteroatoms. The van der Waals surface area contributed by atoms with E-state index in [4.69, 9.17) is 0 Å². The summed E-state index contributed by atoms with van der Waals surface area (Å²) in [5.41, 5.74) is 0.853. The van der Waals surface area contributed by atoms with Crippen molar-refractivity contribution in [2.24, 2.45) is 0 Å². The van der Waals surface area contributed by atoms with E-state index in [1.807, 2.05) is 30.3 Å². The molecule has 1 heterocycles. The quantitative estimate of drug-likeness (QED) is 0.791. The minimum atomic E-state index is -0.443. The summed E-state index contributed by atoms with van der Waals surface area (Å²) in [6.45, 7) is -0.166. The molecule has 1 aromatic heterocycles. The minimum absolute atomic E-state index is 0.166. The van der Waals surface area contributed by atoms with Gasteiger partial charge in [0, 0.05) is 5.92 Å². The Hall–Kier alpha value is -1.99. The summed E-state index contributed by atoms with van der Waals surface area (Å²) in [6.07, 6.45) is 2.31. The smallest absolute Gasteiger partial charge is 0.321 e. The molecule has 3 rings (SSSR count). The maximum atomic E-state index is 12.0. The molecule has 1 aliphatic carbocycles. The summed E-state index contributed by atoms with van der Waals surface area (Å²) in [6, 6.07) is 8.50. The van der Waals surface area contributed by atoms with Crippen LogP contribution in [0.25, 0.3) is 0 Å². The molecule has 1 aliphatic rings. The van der Waals surface area contributed by atoms with E-state index in [0.717, 1.165) is 23.4 Å². The van der Waals surface area contributed by atoms with Gasteiger partial charge in [-0.25, -0.2) is 4.79 Å². The predicted octanol–water partition coefficient (Wildman–Crippen LogP) is 2.27. The summed E-state index contributed by atoms with van der Waals surface area (Å²) in [4.78, 5) is 12.0. The van der Waals surface area contributed by atoms with Gasteiger partial charge in [-0.2, -0.15) is 0 Å². The lowest BCUT2D eigenvalue weighted by Crippen LogP contribution is -2.34. The zero-order valence-corrected chi connectivity index (χ0v) is 12.1. The van der Waals surface area contributed by atoms with Gasteiger partial charge < -0.3 is 10.4 Å². The van der Waals surface area contributed by atoms with Crippen LogP contribution in [0.4, 0.5) is 9.93 Å². The van der Waals surface area contributed by atoms with Crippen LogP contribution in [0, 0.1) is 0 Å². The second kappa shape index (κ2) is 6.19. The van der Waals surface area contributed by atoms with Crippen molar-refractivity contribution in [3.8, 4) is 0 Å². The summed E-state index contributed by atoms with van der Waals surface area (Å²) in [5.74, 6) is 0.524. The number of aliphatic hydroxyl groups excluding tert-OH is 1. The van der Waals surface area contributed by atoms with Crippen LogP contribution in [0.5, 0.6) is 0 Å². The third-order valence-electron chi connectivity index (χ3n) is 3.28. The second-order valence-electron chi connectivity index (χ2n) is 4.96. The normalized spacial score (nSPS) is 15.5. The summed E-state index contributed by atoms with van der Waals surface area (Å²) < 4.78 is 0. The van der Waals surface area contributed by atoms with Gasteiger partial charge in [-0.05, 0) is 18.4 Å². The highest BCUT2D eigenvalue weighted by atomic mass is 32.1. The van der Waals surface area contributed by atoms with Crippen LogP contribution in [0.15, 0.2) is 30.3 Å². The van der Waals surface area contributed by atoms with Crippen LogP contribution in [0.1, 0.15) is 35.4 Å². The monoisotopic (exact) mass is 304 g/mol. The van der Waals surface area contributed by atoms with Crippen molar-refractivity contribution in [2.45, 2.75) is 24.8 Å². The molecule has 0 radical (unpaired) electrons. The van der Waals surface area contributed by atoms with E-state index in [2.05, 4.69) is 20.8 Å². The third-order valence-corrected chi connectivity index (χ3v) is 4.28. The molecule has 1 atom stereocenters. The maximum Gasteiger partial charge on any atom is 0.321 e. The number of rotatable bonds is 5. The Morgan fingerprint density at radius 2 is 2.10 bits per heavy atom. The SMILES string of the molecule is O=C(Nc1nnc(C2CC2)s1)NC(CO)c1ccccc1. The van der Waals surface area contributed by atoms with Crippen molar-refractivity contribution in [1.29, 1.82) is 0 Å². The number of anilines is 1. The molecule has 2 aromatic rings. The number of hydrogen-bond acceptors (Lipinski definition) is 5. The first-order valence-corrected chi connectivity index (χ1v) is 7.64. The Kier molecular flexibility index (Phi) is 4.12. The Morgan fingerprint density at radius 3 is 2.76 bits per heavy atom. The lowest BCUT2D eigenvalue weighted by molar-refractivity contribution is 0.225. The van der Waals surface area contributed by atoms with Gasteiger partial charge in [-0.1, -0.05) is 41.7 Å². The molecular weight excluding hydrogens is 288 g/mol. The molecule has 0 bridgehead atoms. The Morgan fingerprint density at radius 1 is 1.33 bits per heavy atom. The van der Waals surface area contributed by atoms with Gasteiger partial charge in [-0.15, -0.1) is 10.2 Å². The van der Waals surface area contributed by atoms with Gasteiger partial charge in [0.2, 0.25) is 5.13 Å². The molecule has 3 N–H and O–H groups in total. The number of hydrogen-bond donors (Lipinski definition) is 3. The number of benzene rings is 1. The Labute approximate surface area is 126 Å². The first-order chi connectivity index (χ1) is 10.3. The number of amides is 2. The molecule has 0 saturated heterocycles. The van der Waals surface area contributed by atoms with Gasteiger partial charge in [0.1, 0.15) is 5.01 Å². The van der Waals surface area contributed by atoms with Crippen molar-refractivity contribution < 1.29 is 9.90 Å². The molecular formula is C14H16N4O2S. The maximum absolute atomic E-state index is 12.0.